The van der Waals surface area contributed by atoms with Crippen LogP contribution in [0, 0.1) is 0 Å². The van der Waals surface area contributed by atoms with Crippen LogP contribution in [-0.2, 0) is 10.3 Å². The first-order valence-corrected chi connectivity index (χ1v) is 5.13. The molecule has 1 saturated carbocycles. The van der Waals surface area contributed by atoms with Crippen molar-refractivity contribution in [3.63, 3.8) is 0 Å². The molecule has 0 saturated heterocycles. The zero-order chi connectivity index (χ0) is 20.2. The molecule has 0 aromatic heterocycles. The van der Waals surface area contributed by atoms with Gasteiger partial charge < -0.3 is 5.31 Å². The number of nitrogens with one attached hydrogen (secondary N) is 1. The Morgan fingerprint density at radius 3 is 3.25 bits per heavy atom. The molecule has 1 aromatic rings. The van der Waals surface area contributed by atoms with Gasteiger partial charge >= 0.3 is 0 Å². The van der Waals surface area contributed by atoms with Crippen molar-refractivity contribution in [1.29, 1.82) is 0 Å². The third-order valence-electron chi connectivity index (χ3n) is 2.66. The molecule has 1 aliphatic carbocycles. The Kier molecular flexibility index (Phi) is 1.26. The maximum atomic E-state index is 12.9. The lowest BCUT2D eigenvalue weighted by molar-refractivity contribution is -0.127. The molecule has 0 radical (unpaired) electrons. The van der Waals surface area contributed by atoms with E-state index in [0.717, 1.165) is 0 Å². The van der Waals surface area contributed by atoms with Crippen molar-refractivity contribution in [3.8, 4) is 0 Å². The van der Waals surface area contributed by atoms with Crippen LogP contribution in [0.3, 0.4) is 0 Å². The first kappa shape index (κ1) is 4.43. The van der Waals surface area contributed by atoms with Crippen LogP contribution in [0.2, 0.25) is 6.43 Å². The van der Waals surface area contributed by atoms with E-state index in [2.05, 4.69) is 0 Å². The Hall–Kier alpha value is -0.860. The molecule has 2 nitrogen and oxygen atoms in total. The van der Waals surface area contributed by atoms with Crippen molar-refractivity contribution in [2.75, 3.05) is 6.98 Å². The number of halogens is 1. The van der Waals surface area contributed by atoms with E-state index in [4.69, 9.17) is 25.3 Å². The number of hydrogen-bond donors (Lipinski definition) is 1. The zero-order valence-electron chi connectivity index (χ0n) is 18.4. The van der Waals surface area contributed by atoms with Gasteiger partial charge in [-0.3, -0.25) is 4.79 Å². The molecule has 1 unspecified atom stereocenters. The Morgan fingerprint density at radius 1 is 1.69 bits per heavy atom. The fraction of sp³-hybridized carbons (Fsp3) is 0.462. The first-order chi connectivity index (χ1) is 11.7. The molecule has 1 N–H and O–H groups in total. The van der Waals surface area contributed by atoms with Gasteiger partial charge in [-0.05, 0) is 31.4 Å². The number of ketones is 1. The molecule has 0 amide bonds. The van der Waals surface area contributed by atoms with E-state index in [1.807, 2.05) is 0 Å². The van der Waals surface area contributed by atoms with Crippen molar-refractivity contribution >= 4 is 17.4 Å². The van der Waals surface area contributed by atoms with Crippen LogP contribution in [0.4, 0.5) is 0 Å². The lowest BCUT2D eigenvalue weighted by atomic mass is 9.75. The van der Waals surface area contributed by atoms with Gasteiger partial charge in [-0.1, -0.05) is 36.1 Å². The number of hydrogen-bond acceptors (Lipinski definition) is 2. The number of Topliss-reactive ketones (excluding diaryl/α,β-unsaturated/α-hetero) is 1. The summed E-state index contributed by atoms with van der Waals surface area (Å²) in [6, 6.07) is -2.73. The minimum atomic E-state index is -3.10. The molecule has 0 heterocycles. The average Bonchev–Trinajstić information content (AvgIpc) is 2.51. The van der Waals surface area contributed by atoms with Crippen LogP contribution < -0.4 is 5.31 Å². The number of carbonyl (C=O) groups is 1. The number of carbonyl (C=O) groups excluding carboxylic acids is 1. The quantitative estimate of drug-likeness (QED) is 0.871. The molecular weight excluding hydrogens is 222 g/mol. The third-order valence-corrected chi connectivity index (χ3v) is 2.94. The third kappa shape index (κ3) is 1.76. The van der Waals surface area contributed by atoms with Crippen LogP contribution in [0.15, 0.2) is 24.2 Å². The van der Waals surface area contributed by atoms with Gasteiger partial charge in [0, 0.05) is 18.3 Å². The summed E-state index contributed by atoms with van der Waals surface area (Å²) in [5.41, 5.74) is -2.80. The van der Waals surface area contributed by atoms with Crippen LogP contribution in [-0.4, -0.2) is 12.8 Å². The maximum Gasteiger partial charge on any atom is 0.157 e. The van der Waals surface area contributed by atoms with Gasteiger partial charge in [-0.15, -0.1) is 0 Å². The maximum absolute atomic E-state index is 12.9. The summed E-state index contributed by atoms with van der Waals surface area (Å²) in [6.45, 7) is -3.10. The minimum Gasteiger partial charge on any atom is -0.304 e. The summed E-state index contributed by atoms with van der Waals surface area (Å²) in [7, 11) is 0. The van der Waals surface area contributed by atoms with Crippen LogP contribution in [0.5, 0.6) is 0 Å². The molecule has 3 heteroatoms. The predicted molar refractivity (Wildman–Crippen MR) is 65.7 cm³/mol. The smallest absolute Gasteiger partial charge is 0.157 e. The monoisotopic (exact) mass is 247 g/mol. The molecule has 1 aromatic carbocycles. The van der Waals surface area contributed by atoms with E-state index < -0.39 is 72.3 Å². The summed E-state index contributed by atoms with van der Waals surface area (Å²) in [6.07, 6.45) is -3.34. The Morgan fingerprint density at radius 2 is 2.50 bits per heavy atom. The van der Waals surface area contributed by atoms with E-state index >= 15 is 0 Å². The molecule has 1 atom stereocenters. The van der Waals surface area contributed by atoms with Crippen molar-refractivity contribution in [2.45, 2.75) is 31.2 Å². The van der Waals surface area contributed by atoms with Crippen LogP contribution in [0.25, 0.3) is 0 Å². The molecule has 1 fully saturated rings. The van der Waals surface area contributed by atoms with E-state index in [1.165, 1.54) is 0 Å². The standard InChI is InChI=1S/C13H16ClNO/c1-15-13(9-5-4-8-12(13)16)10-6-2-3-7-11(10)14/h2-3,6-7,15H,4-5,8-9H2,1H3/i1D3,2D,3D,4D2,6D,7D/hD. The van der Waals surface area contributed by atoms with Gasteiger partial charge in [0.2, 0.25) is 0 Å². The second kappa shape index (κ2) is 4.56. The van der Waals surface area contributed by atoms with Gasteiger partial charge in [-0.25, -0.2) is 0 Å². The van der Waals surface area contributed by atoms with Crippen molar-refractivity contribution in [1.82, 2.24) is 5.31 Å². The Balaban J connectivity index is 2.87. The number of rotatable bonds is 2. The first-order valence-electron chi connectivity index (χ1n) is 9.70. The molecule has 1 aliphatic rings. The summed E-state index contributed by atoms with van der Waals surface area (Å²) < 4.78 is 77.5. The van der Waals surface area contributed by atoms with Crippen molar-refractivity contribution in [2.24, 2.45) is 0 Å². The summed E-state index contributed by atoms with van der Waals surface area (Å²) >= 11 is 6.08. The van der Waals surface area contributed by atoms with Crippen LogP contribution in [0.1, 0.15) is 43.5 Å². The molecule has 0 aliphatic heterocycles. The van der Waals surface area contributed by atoms with Gasteiger partial charge in [0.15, 0.2) is 5.78 Å². The highest BCUT2D eigenvalue weighted by atomic mass is 35.5. The van der Waals surface area contributed by atoms with Crippen molar-refractivity contribution in [3.05, 3.63) is 34.8 Å². The molecule has 2 rings (SSSR count). The summed E-state index contributed by atoms with van der Waals surface area (Å²) in [5.74, 6) is -0.966. The van der Waals surface area contributed by atoms with Gasteiger partial charge in [0.05, 0.1) is 5.48 Å². The number of benzene rings is 1. The van der Waals surface area contributed by atoms with Crippen molar-refractivity contribution < 1.29 is 18.5 Å². The SMILES string of the molecule is [2H]c1c([2H])c([2H])c(C2(N([2H])C([2H])([2H])[2H])CCC([2H])([2H])CC2=O)c(Cl)c1[2H]. The zero-order valence-corrected chi connectivity index (χ0v) is 9.11. The number of likely N-dealkylation sites (N-methyl/N-ethyl adjacent to an activating group) is 1. The Bertz CT molecular complexity index is 735. The summed E-state index contributed by atoms with van der Waals surface area (Å²) in [5, 5.41) is -0.535. The van der Waals surface area contributed by atoms with E-state index in [9.17, 15) is 4.79 Å². The average molecular weight is 248 g/mol. The second-order valence-electron chi connectivity index (χ2n) is 3.51. The van der Waals surface area contributed by atoms with Gasteiger partial charge in [-0.2, -0.15) is 0 Å². The largest absolute Gasteiger partial charge is 0.304 e. The molecule has 16 heavy (non-hydrogen) atoms. The van der Waals surface area contributed by atoms with Crippen LogP contribution >= 0.6 is 11.6 Å². The van der Waals surface area contributed by atoms with Gasteiger partial charge in [0.25, 0.3) is 0 Å². The van der Waals surface area contributed by atoms with E-state index in [1.54, 1.807) is 0 Å². The highest BCUT2D eigenvalue weighted by Gasteiger charge is 2.40. The van der Waals surface area contributed by atoms with E-state index in [-0.39, 0.29) is 11.7 Å². The molecule has 86 valence electrons. The topological polar surface area (TPSA) is 29.1 Å². The normalized spacial score (nSPS) is 39.0. The summed E-state index contributed by atoms with van der Waals surface area (Å²) in [4.78, 5) is 12.9. The highest BCUT2D eigenvalue weighted by Crippen LogP contribution is 2.37. The lowest BCUT2D eigenvalue weighted by Crippen LogP contribution is -2.49. The predicted octanol–water partition coefficient (Wildman–Crippen LogP) is 2.90. The second-order valence-corrected chi connectivity index (χ2v) is 3.89. The molecular formula is C13H16ClNO. The molecule has 0 spiro atoms. The fourth-order valence-corrected chi connectivity index (χ4v) is 2.03. The Labute approximate surface area is 115 Å². The highest BCUT2D eigenvalue weighted by molar-refractivity contribution is 6.31. The van der Waals surface area contributed by atoms with E-state index in [0.29, 0.717) is 0 Å². The lowest BCUT2D eigenvalue weighted by Gasteiger charge is -2.36. The molecule has 0 bridgehead atoms. The fourth-order valence-electron chi connectivity index (χ4n) is 1.78. The minimum absolute atomic E-state index is 0.0132. The van der Waals surface area contributed by atoms with Gasteiger partial charge in [0.1, 0.15) is 6.95 Å².